The molecule has 0 radical (unpaired) electrons. The Morgan fingerprint density at radius 1 is 1.33 bits per heavy atom. The molecule has 0 bridgehead atoms. The van der Waals surface area contributed by atoms with Gasteiger partial charge in [-0.1, -0.05) is 41.7 Å². The number of thiazole rings is 1. The van der Waals surface area contributed by atoms with E-state index >= 15 is 0 Å². The maximum absolute atomic E-state index is 10.9. The van der Waals surface area contributed by atoms with Crippen LogP contribution in [0.5, 0.6) is 0 Å². The second kappa shape index (κ2) is 3.96. The number of carboxylic acids is 1. The first kappa shape index (κ1) is 11.0. The summed E-state index contributed by atoms with van der Waals surface area (Å²) in [4.78, 5) is 16.4. The van der Waals surface area contributed by atoms with Gasteiger partial charge in [0.1, 0.15) is 4.88 Å². The monoisotopic (exact) mass is 258 g/mol. The molecule has 4 nitrogen and oxygen atoms in total. The van der Waals surface area contributed by atoms with E-state index in [-0.39, 0.29) is 0 Å². The molecule has 2 heterocycles. The highest BCUT2D eigenvalue weighted by Gasteiger charge is 2.15. The van der Waals surface area contributed by atoms with Crippen molar-refractivity contribution >= 4 is 22.3 Å². The Bertz CT molecular complexity index is 728. The van der Waals surface area contributed by atoms with Gasteiger partial charge in [-0.05, 0) is 6.92 Å². The largest absolute Gasteiger partial charge is 0.477 e. The number of aromatic carboxylic acids is 1. The quantitative estimate of drug-likeness (QED) is 0.768. The van der Waals surface area contributed by atoms with Crippen LogP contribution in [-0.2, 0) is 0 Å². The fourth-order valence-corrected chi connectivity index (χ4v) is 2.79. The third-order valence-electron chi connectivity index (χ3n) is 2.82. The van der Waals surface area contributed by atoms with E-state index in [0.29, 0.717) is 9.84 Å². The summed E-state index contributed by atoms with van der Waals surface area (Å²) in [6, 6.07) is 9.88. The molecule has 1 N–H and O–H groups in total. The number of aryl methyl sites for hydroxylation is 1. The number of carboxylic acid groups (broad SMARTS) is 1. The normalized spacial score (nSPS) is 10.9. The predicted octanol–water partition coefficient (Wildman–Crippen LogP) is 3.07. The summed E-state index contributed by atoms with van der Waals surface area (Å²) in [5.74, 6) is -0.911. The number of imidazole rings is 1. The molecule has 3 rings (SSSR count). The zero-order chi connectivity index (χ0) is 12.7. The van der Waals surface area contributed by atoms with Crippen LogP contribution in [0.1, 0.15) is 15.4 Å². The summed E-state index contributed by atoms with van der Waals surface area (Å²) in [7, 11) is 0. The van der Waals surface area contributed by atoms with E-state index in [1.165, 1.54) is 11.3 Å². The molecule has 90 valence electrons. The summed E-state index contributed by atoms with van der Waals surface area (Å²) in [6.45, 7) is 1.95. The van der Waals surface area contributed by atoms with Gasteiger partial charge in [0, 0.05) is 17.5 Å². The van der Waals surface area contributed by atoms with E-state index in [1.807, 2.05) is 41.7 Å². The van der Waals surface area contributed by atoms with Gasteiger partial charge < -0.3 is 5.11 Å². The molecule has 0 fully saturated rings. The number of carbonyl (C=O) groups is 1. The van der Waals surface area contributed by atoms with Crippen molar-refractivity contribution in [1.82, 2.24) is 9.38 Å². The highest BCUT2D eigenvalue weighted by Crippen LogP contribution is 2.27. The SMILES string of the molecule is Cc1c(-c2ccccc2)nc2sc(C(=O)O)cn12. The minimum Gasteiger partial charge on any atom is -0.477 e. The molecule has 0 spiro atoms. The molecule has 0 aliphatic carbocycles. The molecule has 0 aliphatic heterocycles. The van der Waals surface area contributed by atoms with Crippen LogP contribution in [0.15, 0.2) is 36.5 Å². The van der Waals surface area contributed by atoms with Gasteiger partial charge >= 0.3 is 5.97 Å². The first-order valence-electron chi connectivity index (χ1n) is 5.44. The lowest BCUT2D eigenvalue weighted by Gasteiger charge is -1.97. The zero-order valence-electron chi connectivity index (χ0n) is 9.62. The lowest BCUT2D eigenvalue weighted by Crippen LogP contribution is -1.92. The minimum atomic E-state index is -0.911. The summed E-state index contributed by atoms with van der Waals surface area (Å²) < 4.78 is 1.83. The average Bonchev–Trinajstić information content (AvgIpc) is 2.91. The van der Waals surface area contributed by atoms with E-state index in [0.717, 1.165) is 17.0 Å². The first-order chi connectivity index (χ1) is 8.66. The molecule has 18 heavy (non-hydrogen) atoms. The predicted molar refractivity (Wildman–Crippen MR) is 70.2 cm³/mol. The average molecular weight is 258 g/mol. The Hall–Kier alpha value is -2.14. The summed E-state index contributed by atoms with van der Waals surface area (Å²) in [6.07, 6.45) is 1.62. The number of hydrogen-bond donors (Lipinski definition) is 1. The molecular formula is C13H10N2O2S. The Kier molecular flexibility index (Phi) is 2.41. The highest BCUT2D eigenvalue weighted by molar-refractivity contribution is 7.18. The second-order valence-electron chi connectivity index (χ2n) is 3.96. The van der Waals surface area contributed by atoms with E-state index in [9.17, 15) is 4.79 Å². The fraction of sp³-hybridized carbons (Fsp3) is 0.0769. The van der Waals surface area contributed by atoms with Crippen LogP contribution >= 0.6 is 11.3 Å². The molecule has 0 atom stereocenters. The number of rotatable bonds is 2. The number of hydrogen-bond acceptors (Lipinski definition) is 3. The van der Waals surface area contributed by atoms with Gasteiger partial charge in [-0.25, -0.2) is 9.78 Å². The summed E-state index contributed by atoms with van der Waals surface area (Å²) >= 11 is 1.19. The van der Waals surface area contributed by atoms with Crippen molar-refractivity contribution in [3.8, 4) is 11.3 Å². The molecule has 0 saturated heterocycles. The van der Waals surface area contributed by atoms with E-state index in [1.54, 1.807) is 6.20 Å². The molecular weight excluding hydrogens is 248 g/mol. The molecule has 2 aromatic heterocycles. The van der Waals surface area contributed by atoms with Gasteiger partial charge in [0.05, 0.1) is 5.69 Å². The number of nitrogens with zero attached hydrogens (tertiary/aromatic N) is 2. The number of aromatic nitrogens is 2. The summed E-state index contributed by atoms with van der Waals surface area (Å²) in [5.41, 5.74) is 2.90. The van der Waals surface area contributed by atoms with Gasteiger partial charge in [-0.3, -0.25) is 4.40 Å². The van der Waals surface area contributed by atoms with Crippen LogP contribution in [0.2, 0.25) is 0 Å². The van der Waals surface area contributed by atoms with Crippen molar-refractivity contribution < 1.29 is 9.90 Å². The van der Waals surface area contributed by atoms with Crippen LogP contribution in [-0.4, -0.2) is 20.5 Å². The van der Waals surface area contributed by atoms with Gasteiger partial charge in [0.15, 0.2) is 4.96 Å². The van der Waals surface area contributed by atoms with E-state index < -0.39 is 5.97 Å². The van der Waals surface area contributed by atoms with Gasteiger partial charge in [-0.15, -0.1) is 0 Å². The molecule has 5 heteroatoms. The molecule has 0 saturated carbocycles. The molecule has 0 amide bonds. The van der Waals surface area contributed by atoms with Crippen molar-refractivity contribution in [3.63, 3.8) is 0 Å². The molecule has 0 unspecified atom stereocenters. The maximum Gasteiger partial charge on any atom is 0.347 e. The zero-order valence-corrected chi connectivity index (χ0v) is 10.4. The lowest BCUT2D eigenvalue weighted by atomic mass is 10.1. The summed E-state index contributed by atoms with van der Waals surface area (Å²) in [5, 5.41) is 8.95. The third-order valence-corrected chi connectivity index (χ3v) is 3.79. The van der Waals surface area contributed by atoms with Crippen molar-refractivity contribution in [2.45, 2.75) is 6.92 Å². The van der Waals surface area contributed by atoms with E-state index in [2.05, 4.69) is 4.98 Å². The van der Waals surface area contributed by atoms with Gasteiger partial charge in [0.2, 0.25) is 0 Å². The Morgan fingerprint density at radius 2 is 2.06 bits per heavy atom. The van der Waals surface area contributed by atoms with Crippen LogP contribution < -0.4 is 0 Å². The molecule has 3 aromatic rings. The van der Waals surface area contributed by atoms with Crippen molar-refractivity contribution in [2.75, 3.05) is 0 Å². The maximum atomic E-state index is 10.9. The number of benzene rings is 1. The van der Waals surface area contributed by atoms with Crippen LogP contribution in [0.4, 0.5) is 0 Å². The van der Waals surface area contributed by atoms with Crippen molar-refractivity contribution in [1.29, 1.82) is 0 Å². The first-order valence-corrected chi connectivity index (χ1v) is 6.25. The fourth-order valence-electron chi connectivity index (χ4n) is 1.92. The van der Waals surface area contributed by atoms with Crippen LogP contribution in [0, 0.1) is 6.92 Å². The molecule has 0 aliphatic rings. The third kappa shape index (κ3) is 1.60. The topological polar surface area (TPSA) is 54.6 Å². The van der Waals surface area contributed by atoms with Crippen molar-refractivity contribution in [3.05, 3.63) is 47.1 Å². The second-order valence-corrected chi connectivity index (χ2v) is 4.97. The molecule has 1 aromatic carbocycles. The Labute approximate surface area is 107 Å². The standard InChI is InChI=1S/C13H10N2O2S/c1-8-11(9-5-3-2-4-6-9)14-13-15(8)7-10(18-13)12(16)17/h2-7H,1H3,(H,16,17). The van der Waals surface area contributed by atoms with Crippen LogP contribution in [0.3, 0.4) is 0 Å². The van der Waals surface area contributed by atoms with Crippen LogP contribution in [0.25, 0.3) is 16.2 Å². The minimum absolute atomic E-state index is 0.306. The van der Waals surface area contributed by atoms with Gasteiger partial charge in [0.25, 0.3) is 0 Å². The Balaban J connectivity index is 2.19. The Morgan fingerprint density at radius 3 is 2.67 bits per heavy atom. The van der Waals surface area contributed by atoms with Gasteiger partial charge in [-0.2, -0.15) is 0 Å². The van der Waals surface area contributed by atoms with Crippen molar-refractivity contribution in [2.24, 2.45) is 0 Å². The lowest BCUT2D eigenvalue weighted by molar-refractivity contribution is 0.0702. The highest BCUT2D eigenvalue weighted by atomic mass is 32.1. The smallest absolute Gasteiger partial charge is 0.347 e. The van der Waals surface area contributed by atoms with E-state index in [4.69, 9.17) is 5.11 Å². The number of fused-ring (bicyclic) bond motifs is 1.